The SMILES string of the molecule is CC(C)(C)C(=O)Oc1c(-c2c(F)ccc(F)c2Cl)c(=O)[nH]c2ncccc12.FC(F)CBr.O=CO[O-].O=c1c(-c2c(F)ccc(F)c2Cl)c(O)c2cccnc2n1CC(F)F.[H-].[K+].[K+]. The number of aromatic amines is 1. The first-order chi connectivity index (χ1) is 28.6. The van der Waals surface area contributed by atoms with E-state index in [0.717, 1.165) is 24.3 Å². The summed E-state index contributed by atoms with van der Waals surface area (Å²) in [5, 5.41) is 17.5. The molecule has 0 amide bonds. The summed E-state index contributed by atoms with van der Waals surface area (Å²) in [5.74, 6) is -5.55. The van der Waals surface area contributed by atoms with Gasteiger partial charge in [0.05, 0.1) is 49.2 Å². The molecule has 0 unspecified atom stereocenters. The molecule has 0 spiro atoms. The van der Waals surface area contributed by atoms with Gasteiger partial charge in [-0.05, 0) is 69.3 Å². The van der Waals surface area contributed by atoms with Crippen LogP contribution >= 0.6 is 39.1 Å². The van der Waals surface area contributed by atoms with Gasteiger partial charge in [-0.15, -0.1) is 0 Å². The van der Waals surface area contributed by atoms with Gasteiger partial charge in [0.1, 0.15) is 40.3 Å². The minimum absolute atomic E-state index is 0. The summed E-state index contributed by atoms with van der Waals surface area (Å²) in [4.78, 5) is 59.3. The Hall–Kier alpha value is -2.37. The third kappa shape index (κ3) is 15.1. The Labute approximate surface area is 455 Å². The molecule has 4 heterocycles. The van der Waals surface area contributed by atoms with Gasteiger partial charge in [0.15, 0.2) is 5.75 Å². The molecule has 0 bridgehead atoms. The van der Waals surface area contributed by atoms with Crippen LogP contribution in [-0.2, 0) is 21.0 Å². The predicted molar refractivity (Wildman–Crippen MR) is 210 cm³/mol. The molecule has 0 saturated carbocycles. The van der Waals surface area contributed by atoms with Crippen LogP contribution < -0.4 is 124 Å². The van der Waals surface area contributed by atoms with Crippen LogP contribution in [0.2, 0.25) is 10.0 Å². The average Bonchev–Trinajstić information content (AvgIpc) is 3.21. The molecule has 0 radical (unpaired) electrons. The second-order valence-corrected chi connectivity index (χ2v) is 14.2. The molecule has 0 fully saturated rings. The van der Waals surface area contributed by atoms with Crippen molar-refractivity contribution in [1.82, 2.24) is 19.5 Å². The number of carbonyl (C=O) groups is 2. The molecule has 2 aromatic carbocycles. The Balaban J connectivity index is 0.00000100. The molecule has 25 heteroatoms. The molecule has 0 atom stereocenters. The maximum atomic E-state index is 14.5. The summed E-state index contributed by atoms with van der Waals surface area (Å²) in [6, 6.07) is 8.97. The van der Waals surface area contributed by atoms with Crippen LogP contribution in [0.1, 0.15) is 22.2 Å². The Kier molecular flexibility index (Phi) is 24.9. The number of pyridine rings is 4. The maximum Gasteiger partial charge on any atom is 1.00 e. The van der Waals surface area contributed by atoms with Gasteiger partial charge in [-0.3, -0.25) is 23.7 Å². The Morgan fingerprint density at radius 2 is 1.32 bits per heavy atom. The Morgan fingerprint density at radius 1 is 0.857 bits per heavy atom. The number of carbonyl (C=O) groups excluding carboxylic acids is 2. The van der Waals surface area contributed by atoms with E-state index < -0.39 is 97.7 Å². The Morgan fingerprint density at radius 3 is 1.78 bits per heavy atom. The molecule has 328 valence electrons. The molecule has 2 N–H and O–H groups in total. The van der Waals surface area contributed by atoms with E-state index >= 15 is 0 Å². The fourth-order valence-corrected chi connectivity index (χ4v) is 5.48. The number of fused-ring (bicyclic) bond motifs is 2. The van der Waals surface area contributed by atoms with Crippen molar-refractivity contribution in [1.29, 1.82) is 0 Å². The monoisotopic (exact) mass is 1050 g/mol. The van der Waals surface area contributed by atoms with Crippen LogP contribution in [0, 0.1) is 28.7 Å². The number of ether oxygens (including phenoxy) is 1. The van der Waals surface area contributed by atoms with Crippen molar-refractivity contribution in [3.05, 3.63) is 115 Å². The number of nitrogens with one attached hydrogen (secondary N) is 1. The zero-order valence-corrected chi connectivity index (χ0v) is 42.6. The topological polar surface area (TPSA) is 177 Å². The summed E-state index contributed by atoms with van der Waals surface area (Å²) < 4.78 is 110. The molecule has 0 saturated heterocycles. The van der Waals surface area contributed by atoms with Crippen molar-refractivity contribution in [2.75, 3.05) is 5.33 Å². The molecule has 0 aliphatic heterocycles. The Bertz CT molecular complexity index is 2690. The van der Waals surface area contributed by atoms with Gasteiger partial charge < -0.3 is 26.4 Å². The van der Waals surface area contributed by atoms with E-state index in [1.54, 1.807) is 26.8 Å². The number of H-pyrrole nitrogens is 1. The van der Waals surface area contributed by atoms with Crippen LogP contribution in [0.5, 0.6) is 11.5 Å². The first-order valence-corrected chi connectivity index (χ1v) is 18.6. The summed E-state index contributed by atoms with van der Waals surface area (Å²) >= 11 is 14.2. The van der Waals surface area contributed by atoms with Crippen LogP contribution in [-0.4, -0.2) is 55.2 Å². The van der Waals surface area contributed by atoms with E-state index in [2.05, 4.69) is 35.8 Å². The van der Waals surface area contributed by atoms with E-state index in [9.17, 15) is 54.6 Å². The minimum Gasteiger partial charge on any atom is -1.00 e. The smallest absolute Gasteiger partial charge is 1.00 e. The molecule has 0 aliphatic rings. The number of aromatic hydroxyl groups is 1. The van der Waals surface area contributed by atoms with Crippen LogP contribution in [0.15, 0.2) is 70.5 Å². The number of hydrogen-bond donors (Lipinski definition) is 2. The molecule has 6 aromatic rings. The van der Waals surface area contributed by atoms with E-state index in [-0.39, 0.29) is 149 Å². The van der Waals surface area contributed by atoms with Gasteiger partial charge in [-0.25, -0.2) is 45.1 Å². The van der Waals surface area contributed by atoms with Crippen molar-refractivity contribution in [3.63, 3.8) is 0 Å². The first-order valence-electron chi connectivity index (χ1n) is 16.7. The number of alkyl halides is 5. The van der Waals surface area contributed by atoms with E-state index in [1.165, 1.54) is 30.6 Å². The second kappa shape index (κ2) is 26.7. The van der Waals surface area contributed by atoms with Gasteiger partial charge in [-0.2, -0.15) is 0 Å². The number of rotatable bonds is 7. The standard InChI is InChI=1S/C19H15ClF2N2O3.C16H9ClF4N2O2.C2H3BrF2.CH2O3.2K.H/c1-19(2,3)18(26)27-15-9-5-4-8-23-16(9)24-17(25)13(15)12-10(21)6-7-11(22)14(12)20;17-13-9(19)4-3-8(18)11(13)12-14(24)7-2-1-5-22-15(7)23(16(12)25)6-10(20)21;3-1-2(4)5;2-1-4-3;;;/h4-8H,1-3H3,(H,23,24,25);1-5,10,24H,6H2;2H,1H2;1,3H;;;/q;;;;2*+1;-1/p-1. The normalized spacial score (nSPS) is 10.6. The summed E-state index contributed by atoms with van der Waals surface area (Å²) in [6.45, 7) is 3.66. The van der Waals surface area contributed by atoms with Gasteiger partial charge in [0.2, 0.25) is 6.43 Å². The van der Waals surface area contributed by atoms with Crippen molar-refractivity contribution in [2.24, 2.45) is 5.41 Å². The zero-order chi connectivity index (χ0) is 45.9. The zero-order valence-electron chi connectivity index (χ0n) is 34.2. The van der Waals surface area contributed by atoms with Crippen molar-refractivity contribution >= 4 is 73.6 Å². The van der Waals surface area contributed by atoms with Crippen LogP contribution in [0.3, 0.4) is 0 Å². The van der Waals surface area contributed by atoms with Gasteiger partial charge in [0.25, 0.3) is 24.0 Å². The molecule has 6 rings (SSSR count). The molecule has 63 heavy (non-hydrogen) atoms. The summed E-state index contributed by atoms with van der Waals surface area (Å²) in [7, 11) is 0. The number of benzene rings is 2. The van der Waals surface area contributed by atoms with Crippen molar-refractivity contribution in [2.45, 2.75) is 40.2 Å². The molecular weight excluding hydrogens is 1020 g/mol. The van der Waals surface area contributed by atoms with Crippen molar-refractivity contribution < 1.29 is 169 Å². The van der Waals surface area contributed by atoms with Gasteiger partial charge in [0, 0.05) is 23.5 Å². The molecule has 12 nitrogen and oxygen atoms in total. The number of aromatic nitrogens is 4. The first kappa shape index (κ1) is 58.6. The van der Waals surface area contributed by atoms with Crippen LogP contribution in [0.25, 0.3) is 44.3 Å². The van der Waals surface area contributed by atoms with Crippen molar-refractivity contribution in [3.8, 4) is 33.8 Å². The van der Waals surface area contributed by atoms with E-state index in [4.69, 9.17) is 38.0 Å². The van der Waals surface area contributed by atoms with E-state index in [0.29, 0.717) is 4.57 Å². The maximum absolute atomic E-state index is 14.5. The third-order valence-electron chi connectivity index (χ3n) is 7.60. The number of nitrogens with zero attached hydrogens (tertiary/aromatic N) is 3. The van der Waals surface area contributed by atoms with Gasteiger partial charge in [-0.1, -0.05) is 39.1 Å². The summed E-state index contributed by atoms with van der Waals surface area (Å²) in [5.41, 5.74) is -5.22. The predicted octanol–water partition coefficient (Wildman–Crippen LogP) is 2.64. The second-order valence-electron chi connectivity index (χ2n) is 12.8. The minimum atomic E-state index is -2.91. The molecule has 0 aliphatic carbocycles. The number of esters is 1. The van der Waals surface area contributed by atoms with Gasteiger partial charge >= 0.3 is 109 Å². The average molecular weight is 1050 g/mol. The largest absolute Gasteiger partial charge is 1.00 e. The van der Waals surface area contributed by atoms with E-state index in [1.807, 2.05) is 0 Å². The van der Waals surface area contributed by atoms with Crippen LogP contribution in [0.4, 0.5) is 35.1 Å². The fraction of sp³-hybridized carbons (Fsp3) is 0.211. The fourth-order valence-electron chi connectivity index (χ4n) is 4.98. The summed E-state index contributed by atoms with van der Waals surface area (Å²) in [6.07, 6.45) is -2.43. The number of halogens is 11. The number of hydrogen-bond acceptors (Lipinski definition) is 10. The molecule has 4 aromatic heterocycles. The molecular formula is C38H29BrCl2F8K2N4O8. The quantitative estimate of drug-likeness (QED) is 0.0354. The third-order valence-corrected chi connectivity index (χ3v) is 8.83.